The van der Waals surface area contributed by atoms with Crippen molar-refractivity contribution in [3.63, 3.8) is 0 Å². The Bertz CT molecular complexity index is 1120. The number of carbonyl (C=O) groups is 1. The molecule has 156 valence electrons. The molecule has 1 fully saturated rings. The number of nitrogens with zero attached hydrogens (tertiary/aromatic N) is 3. The fraction of sp³-hybridized carbons (Fsp3) is 0.286. The highest BCUT2D eigenvalue weighted by Crippen LogP contribution is 2.32. The number of aromatic hydroxyl groups is 1. The summed E-state index contributed by atoms with van der Waals surface area (Å²) in [4.78, 5) is 22.6. The molecule has 9 heteroatoms. The first-order chi connectivity index (χ1) is 14.2. The molecule has 0 radical (unpaired) electrons. The van der Waals surface area contributed by atoms with E-state index in [1.807, 2.05) is 18.2 Å². The predicted octanol–water partition coefficient (Wildman–Crippen LogP) is 4.85. The van der Waals surface area contributed by atoms with Crippen molar-refractivity contribution in [1.29, 1.82) is 0 Å². The van der Waals surface area contributed by atoms with Gasteiger partial charge in [-0.1, -0.05) is 23.7 Å². The van der Waals surface area contributed by atoms with Crippen LogP contribution in [0.25, 0.3) is 11.0 Å². The molecule has 2 heterocycles. The van der Waals surface area contributed by atoms with Gasteiger partial charge in [-0.15, -0.1) is 0 Å². The van der Waals surface area contributed by atoms with Crippen molar-refractivity contribution < 1.29 is 23.1 Å². The van der Waals surface area contributed by atoms with Gasteiger partial charge in [0.2, 0.25) is 5.88 Å². The molecule has 1 unspecified atom stereocenters. The van der Waals surface area contributed by atoms with Gasteiger partial charge in [-0.05, 0) is 55.2 Å². The van der Waals surface area contributed by atoms with Gasteiger partial charge in [0.05, 0.1) is 16.6 Å². The molecule has 0 aliphatic carbocycles. The molecule has 1 atom stereocenters. The van der Waals surface area contributed by atoms with Gasteiger partial charge in [-0.2, -0.15) is 13.2 Å². The molecular weight excluding hydrogens is 419 g/mol. The molecular formula is C21H17ClF3N3O2. The van der Waals surface area contributed by atoms with Crippen LogP contribution in [-0.4, -0.2) is 38.5 Å². The highest BCUT2D eigenvalue weighted by molar-refractivity contribution is 6.30. The van der Waals surface area contributed by atoms with E-state index in [0.29, 0.717) is 18.0 Å². The van der Waals surface area contributed by atoms with E-state index in [0.717, 1.165) is 36.6 Å². The highest BCUT2D eigenvalue weighted by atomic mass is 35.5. The average molecular weight is 436 g/mol. The number of rotatable bonds is 3. The maximum absolute atomic E-state index is 13.1. The van der Waals surface area contributed by atoms with Crippen LogP contribution in [0, 0.1) is 0 Å². The summed E-state index contributed by atoms with van der Waals surface area (Å²) in [6.07, 6.45) is -2.35. The van der Waals surface area contributed by atoms with E-state index in [9.17, 15) is 23.1 Å². The summed E-state index contributed by atoms with van der Waals surface area (Å²) in [7, 11) is 0. The van der Waals surface area contributed by atoms with Gasteiger partial charge in [0.25, 0.3) is 5.91 Å². The summed E-state index contributed by atoms with van der Waals surface area (Å²) in [5, 5.41) is 10.8. The SMILES string of the molecule is O=C(c1nc2ccc(C(F)(F)F)cc2nc1O)N1CCCC1Cc1cccc(Cl)c1. The molecule has 1 saturated heterocycles. The monoisotopic (exact) mass is 435 g/mol. The number of alkyl halides is 3. The van der Waals surface area contributed by atoms with E-state index < -0.39 is 23.5 Å². The van der Waals surface area contributed by atoms with E-state index in [1.54, 1.807) is 11.0 Å². The predicted molar refractivity (Wildman–Crippen MR) is 105 cm³/mol. The first kappa shape index (κ1) is 20.4. The molecule has 1 aromatic heterocycles. The number of carbonyl (C=O) groups excluding carboxylic acids is 1. The molecule has 0 bridgehead atoms. The van der Waals surface area contributed by atoms with Crippen LogP contribution in [-0.2, 0) is 12.6 Å². The fourth-order valence-electron chi connectivity index (χ4n) is 3.75. The van der Waals surface area contributed by atoms with Crippen LogP contribution in [0.4, 0.5) is 13.2 Å². The third-order valence-electron chi connectivity index (χ3n) is 5.17. The number of amides is 1. The Kier molecular flexibility index (Phi) is 5.27. The molecule has 0 saturated carbocycles. The van der Waals surface area contributed by atoms with Crippen LogP contribution < -0.4 is 0 Å². The number of halogens is 4. The van der Waals surface area contributed by atoms with Gasteiger partial charge in [0.15, 0.2) is 5.69 Å². The first-order valence-corrected chi connectivity index (χ1v) is 9.73. The lowest BCUT2D eigenvalue weighted by Crippen LogP contribution is -2.37. The number of likely N-dealkylation sites (tertiary alicyclic amines) is 1. The maximum Gasteiger partial charge on any atom is 0.416 e. The Morgan fingerprint density at radius 3 is 2.70 bits per heavy atom. The molecule has 3 aromatic rings. The van der Waals surface area contributed by atoms with Crippen LogP contribution >= 0.6 is 11.6 Å². The van der Waals surface area contributed by atoms with Crippen molar-refractivity contribution in [3.8, 4) is 5.88 Å². The number of hydrogen-bond acceptors (Lipinski definition) is 4. The molecule has 1 aliphatic heterocycles. The Balaban J connectivity index is 1.62. The lowest BCUT2D eigenvalue weighted by Gasteiger charge is -2.24. The zero-order valence-electron chi connectivity index (χ0n) is 15.7. The van der Waals surface area contributed by atoms with Crippen LogP contribution in [0.2, 0.25) is 5.02 Å². The van der Waals surface area contributed by atoms with E-state index in [1.165, 1.54) is 0 Å². The Morgan fingerprint density at radius 2 is 1.97 bits per heavy atom. The molecule has 1 N–H and O–H groups in total. The second-order valence-electron chi connectivity index (χ2n) is 7.23. The summed E-state index contributed by atoms with van der Waals surface area (Å²) in [6.45, 7) is 0.496. The molecule has 2 aromatic carbocycles. The highest BCUT2D eigenvalue weighted by Gasteiger charge is 2.33. The largest absolute Gasteiger partial charge is 0.492 e. The summed E-state index contributed by atoms with van der Waals surface area (Å²) in [6, 6.07) is 10.1. The van der Waals surface area contributed by atoms with Crippen LogP contribution in [0.15, 0.2) is 42.5 Å². The van der Waals surface area contributed by atoms with E-state index in [-0.39, 0.29) is 22.8 Å². The zero-order valence-corrected chi connectivity index (χ0v) is 16.4. The normalized spacial score (nSPS) is 16.9. The average Bonchev–Trinajstić information content (AvgIpc) is 3.14. The van der Waals surface area contributed by atoms with Crippen molar-refractivity contribution >= 4 is 28.5 Å². The summed E-state index contributed by atoms with van der Waals surface area (Å²) in [5.41, 5.74) is -0.199. The summed E-state index contributed by atoms with van der Waals surface area (Å²) in [5.74, 6) is -1.17. The van der Waals surface area contributed by atoms with E-state index >= 15 is 0 Å². The van der Waals surface area contributed by atoms with Gasteiger partial charge in [0.1, 0.15) is 0 Å². The number of fused-ring (bicyclic) bond motifs is 1. The smallest absolute Gasteiger partial charge is 0.416 e. The van der Waals surface area contributed by atoms with Gasteiger partial charge in [0, 0.05) is 17.6 Å². The van der Waals surface area contributed by atoms with E-state index in [2.05, 4.69) is 9.97 Å². The van der Waals surface area contributed by atoms with Crippen LogP contribution in [0.3, 0.4) is 0 Å². The number of hydrogen-bond donors (Lipinski definition) is 1. The third-order valence-corrected chi connectivity index (χ3v) is 5.41. The van der Waals surface area contributed by atoms with Crippen molar-refractivity contribution in [1.82, 2.24) is 14.9 Å². The molecule has 30 heavy (non-hydrogen) atoms. The minimum Gasteiger partial charge on any atom is -0.492 e. The fourth-order valence-corrected chi connectivity index (χ4v) is 3.97. The molecule has 4 rings (SSSR count). The summed E-state index contributed by atoms with van der Waals surface area (Å²) < 4.78 is 38.7. The van der Waals surface area contributed by atoms with Gasteiger partial charge >= 0.3 is 6.18 Å². The van der Waals surface area contributed by atoms with Crippen molar-refractivity contribution in [2.75, 3.05) is 6.54 Å². The second-order valence-corrected chi connectivity index (χ2v) is 7.66. The minimum absolute atomic E-state index is 0.0968. The molecule has 1 aliphatic rings. The zero-order chi connectivity index (χ0) is 21.5. The van der Waals surface area contributed by atoms with Gasteiger partial charge in [-0.3, -0.25) is 4.79 Å². The first-order valence-electron chi connectivity index (χ1n) is 9.36. The second kappa shape index (κ2) is 7.75. The number of aromatic nitrogens is 2. The summed E-state index contributed by atoms with van der Waals surface area (Å²) >= 11 is 6.04. The van der Waals surface area contributed by atoms with Gasteiger partial charge in [-0.25, -0.2) is 9.97 Å². The minimum atomic E-state index is -4.54. The quantitative estimate of drug-likeness (QED) is 0.638. The Labute approximate surface area is 175 Å². The lowest BCUT2D eigenvalue weighted by molar-refractivity contribution is -0.137. The van der Waals surface area contributed by atoms with E-state index in [4.69, 9.17) is 11.6 Å². The molecule has 5 nitrogen and oxygen atoms in total. The van der Waals surface area contributed by atoms with Crippen LogP contribution in [0.5, 0.6) is 5.88 Å². The Hall–Kier alpha value is -2.87. The van der Waals surface area contributed by atoms with Crippen LogP contribution in [0.1, 0.15) is 34.5 Å². The van der Waals surface area contributed by atoms with Crippen molar-refractivity contribution in [2.45, 2.75) is 31.5 Å². The third kappa shape index (κ3) is 4.05. The van der Waals surface area contributed by atoms with Crippen molar-refractivity contribution in [3.05, 3.63) is 64.3 Å². The Morgan fingerprint density at radius 1 is 1.17 bits per heavy atom. The molecule has 1 amide bonds. The standard InChI is InChI=1S/C21H17ClF3N3O2/c22-14-4-1-3-12(9-14)10-15-5-2-8-28(15)20(30)18-19(29)27-17-11-13(21(23,24)25)6-7-16(17)26-18/h1,3-4,6-7,9,11,15H,2,5,8,10H2,(H,27,29). The number of benzene rings is 2. The molecule has 0 spiro atoms. The maximum atomic E-state index is 13.1. The topological polar surface area (TPSA) is 66.3 Å². The van der Waals surface area contributed by atoms with Gasteiger partial charge < -0.3 is 10.0 Å². The van der Waals surface area contributed by atoms with Crippen molar-refractivity contribution in [2.24, 2.45) is 0 Å². The lowest BCUT2D eigenvalue weighted by atomic mass is 10.0.